The zero-order valence-electron chi connectivity index (χ0n) is 19.0. The third-order valence-corrected chi connectivity index (χ3v) is 5.56. The molecule has 36 heavy (non-hydrogen) atoms. The maximum absolute atomic E-state index is 12.2. The van der Waals surface area contributed by atoms with Crippen molar-refractivity contribution >= 4 is 22.6 Å². The summed E-state index contributed by atoms with van der Waals surface area (Å²) in [6.45, 7) is 0.469. The first-order valence-corrected chi connectivity index (χ1v) is 11.2. The highest BCUT2D eigenvalue weighted by Crippen LogP contribution is 2.43. The number of aromatic hydroxyl groups is 1. The zero-order chi connectivity index (χ0) is 25.7. The van der Waals surface area contributed by atoms with Gasteiger partial charge in [0.15, 0.2) is 0 Å². The van der Waals surface area contributed by atoms with Crippen LogP contribution in [0.15, 0.2) is 79.0 Å². The SMILES string of the molecule is FC(F)(F)Oc1ccc(CNc2cc3c(C4CC4)cccc3cn2)cc1.O=C(O)c1ccc(O)cc1. The molecule has 4 aromatic rings. The van der Waals surface area contributed by atoms with Gasteiger partial charge in [-0.3, -0.25) is 0 Å². The Bertz CT molecular complexity index is 1340. The van der Waals surface area contributed by atoms with Gasteiger partial charge in [0.2, 0.25) is 0 Å². The lowest BCUT2D eigenvalue weighted by Gasteiger charge is -2.11. The Morgan fingerprint density at radius 2 is 1.72 bits per heavy atom. The van der Waals surface area contributed by atoms with Crippen LogP contribution >= 0.6 is 0 Å². The van der Waals surface area contributed by atoms with E-state index in [1.54, 1.807) is 12.1 Å². The van der Waals surface area contributed by atoms with Gasteiger partial charge < -0.3 is 20.3 Å². The molecular weight excluding hydrogens is 473 g/mol. The Morgan fingerprint density at radius 3 is 2.33 bits per heavy atom. The van der Waals surface area contributed by atoms with E-state index in [9.17, 15) is 18.0 Å². The number of nitrogens with zero attached hydrogens (tertiary/aromatic N) is 1. The number of phenols is 1. The summed E-state index contributed by atoms with van der Waals surface area (Å²) in [7, 11) is 0. The van der Waals surface area contributed by atoms with Gasteiger partial charge in [-0.1, -0.05) is 30.3 Å². The lowest BCUT2D eigenvalue weighted by Crippen LogP contribution is -2.17. The van der Waals surface area contributed by atoms with Gasteiger partial charge >= 0.3 is 12.3 Å². The molecule has 186 valence electrons. The number of fused-ring (bicyclic) bond motifs is 1. The summed E-state index contributed by atoms with van der Waals surface area (Å²) in [6.07, 6.45) is -0.356. The maximum Gasteiger partial charge on any atom is 0.573 e. The second kappa shape index (κ2) is 10.6. The number of alkyl halides is 3. The molecule has 3 N–H and O–H groups in total. The lowest BCUT2D eigenvalue weighted by atomic mass is 10.0. The Morgan fingerprint density at radius 1 is 1.03 bits per heavy atom. The first-order valence-electron chi connectivity index (χ1n) is 11.2. The summed E-state index contributed by atoms with van der Waals surface area (Å²) in [5.41, 5.74) is 2.39. The molecule has 1 fully saturated rings. The van der Waals surface area contributed by atoms with Gasteiger partial charge in [-0.15, -0.1) is 13.2 Å². The molecule has 0 saturated heterocycles. The minimum absolute atomic E-state index is 0.0741. The average Bonchev–Trinajstić information content (AvgIpc) is 3.68. The molecule has 0 radical (unpaired) electrons. The first-order chi connectivity index (χ1) is 17.2. The van der Waals surface area contributed by atoms with Gasteiger partial charge in [0, 0.05) is 18.1 Å². The van der Waals surface area contributed by atoms with Crippen LogP contribution in [0.25, 0.3) is 10.8 Å². The predicted molar refractivity (Wildman–Crippen MR) is 129 cm³/mol. The highest BCUT2D eigenvalue weighted by molar-refractivity contribution is 5.88. The fraction of sp³-hybridized carbons (Fsp3) is 0.185. The number of halogens is 3. The smallest absolute Gasteiger partial charge is 0.508 e. The number of aromatic nitrogens is 1. The van der Waals surface area contributed by atoms with Crippen LogP contribution in [0.5, 0.6) is 11.5 Å². The molecule has 1 saturated carbocycles. The van der Waals surface area contributed by atoms with Gasteiger partial charge in [-0.25, -0.2) is 9.78 Å². The zero-order valence-corrected chi connectivity index (χ0v) is 19.0. The Hall–Kier alpha value is -4.27. The van der Waals surface area contributed by atoms with E-state index in [1.807, 2.05) is 12.3 Å². The standard InChI is InChI=1S/C20H17F3N2O.C7H6O3/c21-20(22,23)26-16-8-4-13(5-9-16)11-24-19-10-18-15(12-25-19)2-1-3-17(18)14-6-7-14;8-6-3-1-5(2-4-6)7(9)10/h1-5,8-10,12,14H,6-7,11H2,(H,24,25);1-4,8H,(H,9,10). The summed E-state index contributed by atoms with van der Waals surface area (Å²) < 4.78 is 40.4. The number of aromatic carboxylic acids is 1. The predicted octanol–water partition coefficient (Wildman–Crippen LogP) is 6.71. The van der Waals surface area contributed by atoms with Crippen LogP contribution in [0.2, 0.25) is 0 Å². The molecule has 6 nitrogen and oxygen atoms in total. The van der Waals surface area contributed by atoms with Crippen LogP contribution in [0.4, 0.5) is 19.0 Å². The molecular formula is C27H23F3N2O4. The monoisotopic (exact) mass is 496 g/mol. The van der Waals surface area contributed by atoms with E-state index in [0.29, 0.717) is 12.5 Å². The minimum atomic E-state index is -4.67. The summed E-state index contributed by atoms with van der Waals surface area (Å²) in [6, 6.07) is 19.5. The number of phenolic OH excluding ortho intramolecular Hbond substituents is 1. The van der Waals surface area contributed by atoms with E-state index in [-0.39, 0.29) is 17.1 Å². The van der Waals surface area contributed by atoms with E-state index in [1.165, 1.54) is 60.2 Å². The molecule has 0 atom stereocenters. The summed E-state index contributed by atoms with van der Waals surface area (Å²) in [5, 5.41) is 22.7. The second-order valence-corrected chi connectivity index (χ2v) is 8.31. The Labute approximate surface area is 205 Å². The number of rotatable bonds is 6. The van der Waals surface area contributed by atoms with Crippen LogP contribution in [-0.4, -0.2) is 27.5 Å². The van der Waals surface area contributed by atoms with E-state index < -0.39 is 12.3 Å². The molecule has 0 aliphatic heterocycles. The van der Waals surface area contributed by atoms with Crippen LogP contribution in [-0.2, 0) is 6.54 Å². The van der Waals surface area contributed by atoms with E-state index >= 15 is 0 Å². The van der Waals surface area contributed by atoms with Crippen molar-refractivity contribution in [2.45, 2.75) is 31.7 Å². The van der Waals surface area contributed by atoms with Crippen molar-refractivity contribution in [3.05, 3.63) is 95.7 Å². The van der Waals surface area contributed by atoms with Crippen LogP contribution in [0.3, 0.4) is 0 Å². The van der Waals surface area contributed by atoms with Crippen molar-refractivity contribution in [2.75, 3.05) is 5.32 Å². The molecule has 1 aromatic heterocycles. The number of carbonyl (C=O) groups is 1. The normalized spacial score (nSPS) is 13.0. The topological polar surface area (TPSA) is 91.7 Å². The molecule has 0 bridgehead atoms. The molecule has 0 spiro atoms. The molecule has 1 heterocycles. The van der Waals surface area contributed by atoms with Gasteiger partial charge in [-0.2, -0.15) is 0 Å². The number of anilines is 1. The summed E-state index contributed by atoms with van der Waals surface area (Å²) in [4.78, 5) is 14.7. The maximum atomic E-state index is 12.2. The van der Waals surface area contributed by atoms with Crippen molar-refractivity contribution in [1.82, 2.24) is 4.98 Å². The number of carboxylic acid groups (broad SMARTS) is 1. The lowest BCUT2D eigenvalue weighted by molar-refractivity contribution is -0.274. The average molecular weight is 496 g/mol. The second-order valence-electron chi connectivity index (χ2n) is 8.31. The number of nitrogens with one attached hydrogen (secondary N) is 1. The third-order valence-electron chi connectivity index (χ3n) is 5.56. The van der Waals surface area contributed by atoms with E-state index in [4.69, 9.17) is 10.2 Å². The Kier molecular flexibility index (Phi) is 7.28. The van der Waals surface area contributed by atoms with E-state index in [2.05, 4.69) is 33.2 Å². The molecule has 1 aliphatic rings. The van der Waals surface area contributed by atoms with Gasteiger partial charge in [0.25, 0.3) is 0 Å². The largest absolute Gasteiger partial charge is 0.573 e. The van der Waals surface area contributed by atoms with Gasteiger partial charge in [0.1, 0.15) is 17.3 Å². The molecule has 1 aliphatic carbocycles. The first kappa shape index (κ1) is 24.8. The molecule has 0 amide bonds. The Balaban J connectivity index is 0.000000256. The molecule has 0 unspecified atom stereocenters. The number of carboxylic acids is 1. The number of benzene rings is 3. The highest BCUT2D eigenvalue weighted by Gasteiger charge is 2.31. The molecule has 9 heteroatoms. The van der Waals surface area contributed by atoms with E-state index in [0.717, 1.165) is 16.8 Å². The minimum Gasteiger partial charge on any atom is -0.508 e. The van der Waals surface area contributed by atoms with Crippen molar-refractivity contribution < 1.29 is 32.9 Å². The fourth-order valence-corrected chi connectivity index (χ4v) is 3.65. The number of hydrogen-bond acceptors (Lipinski definition) is 5. The van der Waals surface area contributed by atoms with Crippen molar-refractivity contribution in [3.8, 4) is 11.5 Å². The quantitative estimate of drug-likeness (QED) is 0.275. The summed E-state index contributed by atoms with van der Waals surface area (Å²) >= 11 is 0. The van der Waals surface area contributed by atoms with Crippen molar-refractivity contribution in [2.24, 2.45) is 0 Å². The van der Waals surface area contributed by atoms with Crippen LogP contribution < -0.4 is 10.1 Å². The fourth-order valence-electron chi connectivity index (χ4n) is 3.65. The number of ether oxygens (including phenoxy) is 1. The third kappa shape index (κ3) is 6.88. The molecule has 3 aromatic carbocycles. The van der Waals surface area contributed by atoms with Crippen molar-refractivity contribution in [3.63, 3.8) is 0 Å². The van der Waals surface area contributed by atoms with Crippen LogP contribution in [0.1, 0.15) is 40.2 Å². The molecule has 5 rings (SSSR count). The van der Waals surface area contributed by atoms with Gasteiger partial charge in [0.05, 0.1) is 5.56 Å². The van der Waals surface area contributed by atoms with Gasteiger partial charge in [-0.05, 0) is 77.7 Å². The number of pyridine rings is 1. The highest BCUT2D eigenvalue weighted by atomic mass is 19.4. The number of hydrogen-bond donors (Lipinski definition) is 3. The van der Waals surface area contributed by atoms with Crippen LogP contribution in [0, 0.1) is 0 Å². The van der Waals surface area contributed by atoms with Crippen molar-refractivity contribution in [1.29, 1.82) is 0 Å². The summed E-state index contributed by atoms with van der Waals surface area (Å²) in [5.74, 6) is 0.264.